The van der Waals surface area contributed by atoms with Gasteiger partial charge in [-0.1, -0.05) is 0 Å². The molecule has 3 aromatic heterocycles. The maximum atomic E-state index is 12.7. The van der Waals surface area contributed by atoms with Gasteiger partial charge in [0.25, 0.3) is 0 Å². The minimum absolute atomic E-state index is 0.117. The molecule has 0 atom stereocenters. The van der Waals surface area contributed by atoms with Crippen LogP contribution in [0.25, 0.3) is 22.4 Å². The standard InChI is InChI=1S/C21H24N6O3/c28-21(27-5-3-16(4-6-27)26-7-9-29-10-8-26)25-20-11-18-15(12-23-20)1-2-17(24-18)19-13-22-14-30-19/h1-2,11-14,16H,3-10H2,(H,23,25,28). The van der Waals surface area contributed by atoms with E-state index < -0.39 is 0 Å². The number of hydrogen-bond acceptors (Lipinski definition) is 7. The molecule has 0 aliphatic carbocycles. The molecule has 2 fully saturated rings. The van der Waals surface area contributed by atoms with Crippen LogP contribution in [0.2, 0.25) is 0 Å². The number of morpholine rings is 1. The molecule has 2 saturated heterocycles. The van der Waals surface area contributed by atoms with E-state index in [1.54, 1.807) is 18.5 Å². The summed E-state index contributed by atoms with van der Waals surface area (Å²) in [4.78, 5) is 30.0. The fourth-order valence-corrected chi connectivity index (χ4v) is 4.13. The van der Waals surface area contributed by atoms with E-state index in [0.717, 1.165) is 63.1 Å². The lowest BCUT2D eigenvalue weighted by molar-refractivity contribution is 0.00419. The first-order chi connectivity index (χ1) is 14.8. The molecular formula is C21H24N6O3. The van der Waals surface area contributed by atoms with Gasteiger partial charge < -0.3 is 14.1 Å². The molecule has 0 spiro atoms. The molecule has 0 radical (unpaired) electrons. The van der Waals surface area contributed by atoms with Crippen LogP contribution < -0.4 is 5.32 Å². The maximum absolute atomic E-state index is 12.7. The van der Waals surface area contributed by atoms with Gasteiger partial charge in [-0.25, -0.2) is 19.7 Å². The lowest BCUT2D eigenvalue weighted by Gasteiger charge is -2.39. The van der Waals surface area contributed by atoms with Crippen molar-refractivity contribution in [2.24, 2.45) is 0 Å². The van der Waals surface area contributed by atoms with Gasteiger partial charge in [-0.2, -0.15) is 0 Å². The van der Waals surface area contributed by atoms with Crippen LogP contribution >= 0.6 is 0 Å². The Balaban J connectivity index is 1.23. The summed E-state index contributed by atoms with van der Waals surface area (Å²) in [5.41, 5.74) is 1.42. The van der Waals surface area contributed by atoms with Crippen LogP contribution in [-0.4, -0.2) is 76.2 Å². The van der Waals surface area contributed by atoms with Gasteiger partial charge in [0.15, 0.2) is 12.2 Å². The number of carbonyl (C=O) groups excluding carboxylic acids is 1. The predicted molar refractivity (Wildman–Crippen MR) is 111 cm³/mol. The van der Waals surface area contributed by atoms with Gasteiger partial charge in [-0.3, -0.25) is 10.2 Å². The molecule has 0 bridgehead atoms. The number of aromatic nitrogens is 3. The molecule has 0 unspecified atom stereocenters. The normalized spacial score (nSPS) is 18.6. The first kappa shape index (κ1) is 19.0. The molecule has 156 valence electrons. The molecule has 9 nitrogen and oxygen atoms in total. The van der Waals surface area contributed by atoms with E-state index >= 15 is 0 Å². The Bertz CT molecular complexity index is 1010. The molecule has 0 saturated carbocycles. The number of hydrogen-bond donors (Lipinski definition) is 1. The number of carbonyl (C=O) groups is 1. The van der Waals surface area contributed by atoms with Crippen molar-refractivity contribution in [3.05, 3.63) is 37.0 Å². The van der Waals surface area contributed by atoms with Crippen molar-refractivity contribution >= 4 is 22.8 Å². The van der Waals surface area contributed by atoms with Gasteiger partial charge in [0.1, 0.15) is 11.5 Å². The fraction of sp³-hybridized carbons (Fsp3) is 0.429. The number of fused-ring (bicyclic) bond motifs is 1. The van der Waals surface area contributed by atoms with Crippen LogP contribution in [0.3, 0.4) is 0 Å². The topological polar surface area (TPSA) is 96.6 Å². The summed E-state index contributed by atoms with van der Waals surface area (Å²) in [7, 11) is 0. The third-order valence-electron chi connectivity index (χ3n) is 5.81. The van der Waals surface area contributed by atoms with Crippen LogP contribution in [0.4, 0.5) is 10.6 Å². The molecule has 3 aromatic rings. The molecule has 2 aliphatic rings. The van der Waals surface area contributed by atoms with Gasteiger partial charge in [0, 0.05) is 49.9 Å². The van der Waals surface area contributed by atoms with Crippen molar-refractivity contribution in [1.29, 1.82) is 0 Å². The molecule has 0 aromatic carbocycles. The summed E-state index contributed by atoms with van der Waals surface area (Å²) in [5, 5.41) is 3.81. The Hall–Kier alpha value is -3.04. The van der Waals surface area contributed by atoms with Crippen molar-refractivity contribution in [2.45, 2.75) is 18.9 Å². The highest BCUT2D eigenvalue weighted by Crippen LogP contribution is 2.22. The molecular weight excluding hydrogens is 384 g/mol. The zero-order valence-corrected chi connectivity index (χ0v) is 16.7. The number of ether oxygens (including phenoxy) is 1. The summed E-state index contributed by atoms with van der Waals surface area (Å²) in [6.07, 6.45) is 6.69. The first-order valence-corrected chi connectivity index (χ1v) is 10.3. The van der Waals surface area contributed by atoms with Crippen LogP contribution in [0.5, 0.6) is 0 Å². The fourth-order valence-electron chi connectivity index (χ4n) is 4.13. The first-order valence-electron chi connectivity index (χ1n) is 10.3. The zero-order valence-electron chi connectivity index (χ0n) is 16.7. The number of pyridine rings is 2. The number of rotatable bonds is 3. The lowest BCUT2D eigenvalue weighted by atomic mass is 10.0. The second-order valence-corrected chi connectivity index (χ2v) is 7.62. The van der Waals surface area contributed by atoms with Gasteiger partial charge in [0.05, 0.1) is 24.9 Å². The summed E-state index contributed by atoms with van der Waals surface area (Å²) < 4.78 is 10.8. The Labute approximate surface area is 174 Å². The number of oxazole rings is 1. The molecule has 2 aliphatic heterocycles. The summed E-state index contributed by atoms with van der Waals surface area (Å²) >= 11 is 0. The number of anilines is 1. The third-order valence-corrected chi connectivity index (χ3v) is 5.81. The number of urea groups is 1. The van der Waals surface area contributed by atoms with E-state index in [0.29, 0.717) is 23.3 Å². The van der Waals surface area contributed by atoms with Crippen LogP contribution in [-0.2, 0) is 4.74 Å². The van der Waals surface area contributed by atoms with Crippen LogP contribution in [0.1, 0.15) is 12.8 Å². The highest BCUT2D eigenvalue weighted by atomic mass is 16.5. The minimum Gasteiger partial charge on any atom is -0.442 e. The van der Waals surface area contributed by atoms with Gasteiger partial charge >= 0.3 is 6.03 Å². The molecule has 1 N–H and O–H groups in total. The van der Waals surface area contributed by atoms with E-state index in [9.17, 15) is 4.79 Å². The average molecular weight is 408 g/mol. The maximum Gasteiger partial charge on any atom is 0.323 e. The third kappa shape index (κ3) is 3.99. The Morgan fingerprint density at radius 3 is 2.70 bits per heavy atom. The number of amides is 2. The molecule has 5 rings (SSSR count). The van der Waals surface area contributed by atoms with Crippen molar-refractivity contribution in [1.82, 2.24) is 24.8 Å². The molecule has 9 heteroatoms. The second kappa shape index (κ2) is 8.37. The van der Waals surface area contributed by atoms with Crippen LogP contribution in [0, 0.1) is 0 Å². The zero-order chi connectivity index (χ0) is 20.3. The van der Waals surface area contributed by atoms with E-state index in [1.807, 2.05) is 17.0 Å². The molecule has 30 heavy (non-hydrogen) atoms. The van der Waals surface area contributed by atoms with Crippen molar-refractivity contribution in [3.8, 4) is 11.5 Å². The number of nitrogens with zero attached hydrogens (tertiary/aromatic N) is 5. The highest BCUT2D eigenvalue weighted by molar-refractivity contribution is 5.91. The summed E-state index contributed by atoms with van der Waals surface area (Å²) in [6, 6.07) is 5.99. The monoisotopic (exact) mass is 408 g/mol. The predicted octanol–water partition coefficient (Wildman–Crippen LogP) is 2.61. The lowest BCUT2D eigenvalue weighted by Crippen LogP contribution is -2.50. The minimum atomic E-state index is -0.117. The van der Waals surface area contributed by atoms with E-state index in [4.69, 9.17) is 9.15 Å². The average Bonchev–Trinajstić information content (AvgIpc) is 3.34. The van der Waals surface area contributed by atoms with E-state index in [1.165, 1.54) is 6.39 Å². The number of piperidine rings is 1. The van der Waals surface area contributed by atoms with Crippen LogP contribution in [0.15, 0.2) is 41.4 Å². The second-order valence-electron chi connectivity index (χ2n) is 7.62. The molecule has 2 amide bonds. The van der Waals surface area contributed by atoms with Crippen molar-refractivity contribution < 1.29 is 13.9 Å². The van der Waals surface area contributed by atoms with Crippen molar-refractivity contribution in [2.75, 3.05) is 44.7 Å². The van der Waals surface area contributed by atoms with Gasteiger partial charge in [-0.05, 0) is 25.0 Å². The van der Waals surface area contributed by atoms with E-state index in [-0.39, 0.29) is 6.03 Å². The smallest absolute Gasteiger partial charge is 0.323 e. The Kier molecular flexibility index (Phi) is 5.29. The summed E-state index contributed by atoms with van der Waals surface area (Å²) in [6.45, 7) is 5.08. The SMILES string of the molecule is O=C(Nc1cc2nc(-c3cnco3)ccc2cn1)N1CCC(N2CCOCC2)CC1. The Morgan fingerprint density at radius 1 is 1.10 bits per heavy atom. The Morgan fingerprint density at radius 2 is 1.93 bits per heavy atom. The highest BCUT2D eigenvalue weighted by Gasteiger charge is 2.28. The largest absolute Gasteiger partial charge is 0.442 e. The number of nitrogens with one attached hydrogen (secondary N) is 1. The summed E-state index contributed by atoms with van der Waals surface area (Å²) in [5.74, 6) is 1.09. The molecule has 5 heterocycles. The van der Waals surface area contributed by atoms with E-state index in [2.05, 4.69) is 25.2 Å². The van der Waals surface area contributed by atoms with Gasteiger partial charge in [0.2, 0.25) is 0 Å². The van der Waals surface area contributed by atoms with Gasteiger partial charge in [-0.15, -0.1) is 0 Å². The van der Waals surface area contributed by atoms with Crippen molar-refractivity contribution in [3.63, 3.8) is 0 Å². The quantitative estimate of drug-likeness (QED) is 0.711. The number of likely N-dealkylation sites (tertiary alicyclic amines) is 1.